The summed E-state index contributed by atoms with van der Waals surface area (Å²) in [6, 6.07) is 0.175. The van der Waals surface area contributed by atoms with E-state index in [9.17, 15) is 0 Å². The van der Waals surface area contributed by atoms with Gasteiger partial charge in [0, 0.05) is 39.3 Å². The van der Waals surface area contributed by atoms with Crippen molar-refractivity contribution < 1.29 is 0 Å². The molecule has 1 aliphatic rings. The van der Waals surface area contributed by atoms with Crippen LogP contribution in [0.25, 0.3) is 0 Å². The number of nitrogens with zero attached hydrogens (tertiary/aromatic N) is 4. The van der Waals surface area contributed by atoms with Crippen LogP contribution in [0.15, 0.2) is 0 Å². The summed E-state index contributed by atoms with van der Waals surface area (Å²) in [6.07, 6.45) is 0. The monoisotopic (exact) mass is 329 g/mol. The first-order chi connectivity index (χ1) is 9.93. The summed E-state index contributed by atoms with van der Waals surface area (Å²) in [6.45, 7) is 11.8. The van der Waals surface area contributed by atoms with Crippen molar-refractivity contribution in [2.24, 2.45) is 5.73 Å². The van der Waals surface area contributed by atoms with Gasteiger partial charge >= 0.3 is 0 Å². The Balaban J connectivity index is 1.96. The van der Waals surface area contributed by atoms with Gasteiger partial charge in [-0.05, 0) is 20.8 Å². The minimum atomic E-state index is 0.175. The molecule has 0 aliphatic carbocycles. The summed E-state index contributed by atoms with van der Waals surface area (Å²) in [5, 5.41) is 5.28. The first-order valence-corrected chi connectivity index (χ1v) is 8.20. The molecule has 0 saturated carbocycles. The highest BCUT2D eigenvalue weighted by molar-refractivity contribution is 7.80. The van der Waals surface area contributed by atoms with Gasteiger partial charge in [-0.1, -0.05) is 23.8 Å². The Hall–Kier alpha value is -0.690. The number of piperazine rings is 1. The minimum Gasteiger partial charge on any atom is -0.392 e. The molecule has 1 atom stereocenters. The average Bonchev–Trinajstić information content (AvgIpc) is 2.75. The zero-order valence-electron chi connectivity index (χ0n) is 13.0. The van der Waals surface area contributed by atoms with Crippen molar-refractivity contribution in [2.75, 3.05) is 26.2 Å². The topological polar surface area (TPSA) is 50.3 Å². The molecule has 21 heavy (non-hydrogen) atoms. The Morgan fingerprint density at radius 3 is 2.52 bits per heavy atom. The van der Waals surface area contributed by atoms with Gasteiger partial charge in [0.05, 0.1) is 27.4 Å². The smallest absolute Gasteiger partial charge is 0.0899 e. The molecule has 7 heteroatoms. The highest BCUT2D eigenvalue weighted by Crippen LogP contribution is 2.22. The average molecular weight is 330 g/mol. The molecule has 2 heterocycles. The van der Waals surface area contributed by atoms with E-state index in [4.69, 9.17) is 29.6 Å². The van der Waals surface area contributed by atoms with Crippen molar-refractivity contribution in [3.8, 4) is 0 Å². The van der Waals surface area contributed by atoms with Crippen molar-refractivity contribution in [1.29, 1.82) is 0 Å². The maximum absolute atomic E-state index is 6.38. The summed E-state index contributed by atoms with van der Waals surface area (Å²) in [5.41, 5.74) is 7.76. The maximum Gasteiger partial charge on any atom is 0.0899 e. The second-order valence-corrected chi connectivity index (χ2v) is 6.40. The first-order valence-electron chi connectivity index (χ1n) is 7.41. The van der Waals surface area contributed by atoms with E-state index in [2.05, 4.69) is 28.7 Å². The summed E-state index contributed by atoms with van der Waals surface area (Å²) >= 11 is 11.5. The van der Waals surface area contributed by atoms with E-state index in [0.717, 1.165) is 55.7 Å². The number of hydrogen-bond donors (Lipinski definition) is 1. The quantitative estimate of drug-likeness (QED) is 0.833. The fourth-order valence-corrected chi connectivity index (χ4v) is 3.06. The third-order valence-electron chi connectivity index (χ3n) is 4.19. The van der Waals surface area contributed by atoms with Crippen LogP contribution in [0, 0.1) is 6.92 Å². The second-order valence-electron chi connectivity index (χ2n) is 5.55. The lowest BCUT2D eigenvalue weighted by molar-refractivity contribution is 0.115. The zero-order valence-corrected chi connectivity index (χ0v) is 14.5. The number of rotatable bonds is 5. The standard InChI is InChI=1S/C14H24ClN5S/c1-4-20-12(13(15)10(2)17-20)9-18-5-7-19(8-6-18)11(3)14(16)21/h11H,4-9H2,1-3H3,(H2,16,21). The van der Waals surface area contributed by atoms with Crippen molar-refractivity contribution in [2.45, 2.75) is 39.9 Å². The third kappa shape index (κ3) is 3.74. The number of nitrogens with two attached hydrogens (primary N) is 1. The summed E-state index contributed by atoms with van der Waals surface area (Å²) in [4.78, 5) is 5.33. The second kappa shape index (κ2) is 7.05. The van der Waals surface area contributed by atoms with Crippen LogP contribution in [0.3, 0.4) is 0 Å². The van der Waals surface area contributed by atoms with E-state index in [1.165, 1.54) is 0 Å². The molecule has 1 saturated heterocycles. The molecule has 2 N–H and O–H groups in total. The molecule has 1 fully saturated rings. The highest BCUT2D eigenvalue weighted by atomic mass is 35.5. The Morgan fingerprint density at radius 2 is 2.00 bits per heavy atom. The fourth-order valence-electron chi connectivity index (χ4n) is 2.72. The lowest BCUT2D eigenvalue weighted by Gasteiger charge is -2.37. The van der Waals surface area contributed by atoms with Crippen LogP contribution >= 0.6 is 23.8 Å². The molecule has 2 rings (SSSR count). The van der Waals surface area contributed by atoms with Gasteiger partial charge in [-0.3, -0.25) is 14.5 Å². The van der Waals surface area contributed by atoms with Crippen molar-refractivity contribution in [1.82, 2.24) is 19.6 Å². The molecule has 0 radical (unpaired) electrons. The van der Waals surface area contributed by atoms with Gasteiger partial charge in [-0.15, -0.1) is 0 Å². The van der Waals surface area contributed by atoms with Gasteiger partial charge in [0.15, 0.2) is 0 Å². The van der Waals surface area contributed by atoms with Crippen LogP contribution in [0.4, 0.5) is 0 Å². The molecule has 5 nitrogen and oxygen atoms in total. The molecule has 1 aromatic heterocycles. The number of thiocarbonyl (C=S) groups is 1. The molecule has 1 unspecified atom stereocenters. The lowest BCUT2D eigenvalue weighted by atomic mass is 10.2. The molecule has 0 aromatic carbocycles. The van der Waals surface area contributed by atoms with Crippen molar-refractivity contribution >= 4 is 28.8 Å². The Kier molecular flexibility index (Phi) is 5.60. The van der Waals surface area contributed by atoms with Crippen LogP contribution in [-0.4, -0.2) is 56.8 Å². The molecular weight excluding hydrogens is 306 g/mol. The van der Waals surface area contributed by atoms with E-state index in [1.807, 2.05) is 11.6 Å². The third-order valence-corrected chi connectivity index (χ3v) is 5.03. The largest absolute Gasteiger partial charge is 0.392 e. The van der Waals surface area contributed by atoms with Gasteiger partial charge in [0.25, 0.3) is 0 Å². The van der Waals surface area contributed by atoms with Gasteiger partial charge in [-0.25, -0.2) is 0 Å². The molecule has 1 aliphatic heterocycles. The van der Waals surface area contributed by atoms with Crippen molar-refractivity contribution in [3.05, 3.63) is 16.4 Å². The van der Waals surface area contributed by atoms with Gasteiger partial charge in [0.1, 0.15) is 0 Å². The van der Waals surface area contributed by atoms with E-state index in [-0.39, 0.29) is 6.04 Å². The van der Waals surface area contributed by atoms with E-state index < -0.39 is 0 Å². The van der Waals surface area contributed by atoms with Crippen molar-refractivity contribution in [3.63, 3.8) is 0 Å². The molecular formula is C14H24ClN5S. The SMILES string of the molecule is CCn1nc(C)c(Cl)c1CN1CCN(C(C)C(N)=S)CC1. The number of halogens is 1. The molecule has 118 valence electrons. The maximum atomic E-state index is 6.38. The molecule has 0 spiro atoms. The summed E-state index contributed by atoms with van der Waals surface area (Å²) in [7, 11) is 0. The Labute approximate surface area is 137 Å². The minimum absolute atomic E-state index is 0.175. The first kappa shape index (κ1) is 16.7. The van der Waals surface area contributed by atoms with E-state index >= 15 is 0 Å². The number of hydrogen-bond acceptors (Lipinski definition) is 4. The predicted molar refractivity (Wildman–Crippen MR) is 90.7 cm³/mol. The predicted octanol–water partition coefficient (Wildman–Crippen LogP) is 1.66. The van der Waals surface area contributed by atoms with Crippen LogP contribution in [0.5, 0.6) is 0 Å². The fraction of sp³-hybridized carbons (Fsp3) is 0.714. The lowest BCUT2D eigenvalue weighted by Crippen LogP contribution is -2.52. The van der Waals surface area contributed by atoms with Gasteiger partial charge in [0.2, 0.25) is 0 Å². The summed E-state index contributed by atoms with van der Waals surface area (Å²) in [5.74, 6) is 0. The highest BCUT2D eigenvalue weighted by Gasteiger charge is 2.24. The Bertz CT molecular complexity index is 508. The molecule has 0 amide bonds. The Morgan fingerprint density at radius 1 is 1.38 bits per heavy atom. The van der Waals surface area contributed by atoms with E-state index in [0.29, 0.717) is 4.99 Å². The molecule has 1 aromatic rings. The van der Waals surface area contributed by atoms with Crippen LogP contribution in [0.1, 0.15) is 25.2 Å². The van der Waals surface area contributed by atoms with Gasteiger partial charge in [-0.2, -0.15) is 5.10 Å². The summed E-state index contributed by atoms with van der Waals surface area (Å²) < 4.78 is 2.00. The molecule has 0 bridgehead atoms. The number of aryl methyl sites for hydroxylation is 2. The van der Waals surface area contributed by atoms with Gasteiger partial charge < -0.3 is 5.73 Å². The van der Waals surface area contributed by atoms with Crippen LogP contribution < -0.4 is 5.73 Å². The van der Waals surface area contributed by atoms with Crippen LogP contribution in [-0.2, 0) is 13.1 Å². The van der Waals surface area contributed by atoms with E-state index in [1.54, 1.807) is 0 Å². The number of aromatic nitrogens is 2. The van der Waals surface area contributed by atoms with Crippen LogP contribution in [0.2, 0.25) is 5.02 Å². The normalized spacial score (nSPS) is 18.9. The zero-order chi connectivity index (χ0) is 15.6.